The zero-order valence-corrected chi connectivity index (χ0v) is 6.72. The number of esters is 1. The van der Waals surface area contributed by atoms with Crippen molar-refractivity contribution < 1.29 is 9.53 Å². The van der Waals surface area contributed by atoms with Gasteiger partial charge in [-0.05, 0) is 38.2 Å². The first-order valence-electron chi connectivity index (χ1n) is 4.22. The molecule has 0 saturated heterocycles. The summed E-state index contributed by atoms with van der Waals surface area (Å²) in [5.74, 6) is -0.0628. The van der Waals surface area contributed by atoms with Crippen LogP contribution in [0.3, 0.4) is 0 Å². The molecule has 0 N–H and O–H groups in total. The molecule has 0 saturated carbocycles. The van der Waals surface area contributed by atoms with Gasteiger partial charge in [-0.2, -0.15) is 0 Å². The van der Waals surface area contributed by atoms with Crippen molar-refractivity contribution in [3.8, 4) is 0 Å². The van der Waals surface area contributed by atoms with Gasteiger partial charge >= 0.3 is 5.97 Å². The van der Waals surface area contributed by atoms with Gasteiger partial charge in [0.05, 0.1) is 0 Å². The van der Waals surface area contributed by atoms with Crippen LogP contribution in [0.5, 0.6) is 0 Å². The third-order valence-corrected chi connectivity index (χ3v) is 2.53. The summed E-state index contributed by atoms with van der Waals surface area (Å²) >= 11 is 0. The molecule has 11 heavy (non-hydrogen) atoms. The SMILES string of the molecule is C[C@@H]1OC(=O)C2=C1CCCC2. The lowest BCUT2D eigenvalue weighted by Gasteiger charge is -2.12. The van der Waals surface area contributed by atoms with Crippen LogP contribution >= 0.6 is 0 Å². The van der Waals surface area contributed by atoms with Crippen molar-refractivity contribution in [3.05, 3.63) is 11.1 Å². The summed E-state index contributed by atoms with van der Waals surface area (Å²) in [4.78, 5) is 11.1. The molecule has 0 fully saturated rings. The maximum atomic E-state index is 11.1. The van der Waals surface area contributed by atoms with E-state index in [1.165, 1.54) is 12.0 Å². The van der Waals surface area contributed by atoms with Gasteiger partial charge in [-0.25, -0.2) is 4.79 Å². The number of carbonyl (C=O) groups excluding carboxylic acids is 1. The molecule has 1 heterocycles. The van der Waals surface area contributed by atoms with Gasteiger partial charge in [-0.1, -0.05) is 0 Å². The minimum absolute atomic E-state index is 0.0628. The first-order valence-corrected chi connectivity index (χ1v) is 4.22. The first kappa shape index (κ1) is 6.89. The molecule has 0 aromatic heterocycles. The van der Waals surface area contributed by atoms with Gasteiger partial charge in [0.25, 0.3) is 0 Å². The van der Waals surface area contributed by atoms with E-state index in [2.05, 4.69) is 0 Å². The van der Waals surface area contributed by atoms with Crippen LogP contribution in [-0.2, 0) is 9.53 Å². The number of carbonyl (C=O) groups is 1. The predicted octanol–water partition coefficient (Wildman–Crippen LogP) is 1.80. The Hall–Kier alpha value is -0.790. The Morgan fingerprint density at radius 3 is 2.82 bits per heavy atom. The predicted molar refractivity (Wildman–Crippen MR) is 41.0 cm³/mol. The second-order valence-electron chi connectivity index (χ2n) is 3.26. The third-order valence-electron chi connectivity index (χ3n) is 2.53. The van der Waals surface area contributed by atoms with Crippen LogP contribution in [0.25, 0.3) is 0 Å². The van der Waals surface area contributed by atoms with Crippen LogP contribution < -0.4 is 0 Å². The lowest BCUT2D eigenvalue weighted by molar-refractivity contribution is -0.139. The van der Waals surface area contributed by atoms with Gasteiger partial charge in [0, 0.05) is 5.57 Å². The highest BCUT2D eigenvalue weighted by molar-refractivity contribution is 5.92. The van der Waals surface area contributed by atoms with E-state index in [0.717, 1.165) is 24.8 Å². The van der Waals surface area contributed by atoms with Gasteiger partial charge in [-0.15, -0.1) is 0 Å². The number of rotatable bonds is 0. The molecule has 1 atom stereocenters. The average molecular weight is 152 g/mol. The van der Waals surface area contributed by atoms with Crippen LogP contribution in [-0.4, -0.2) is 12.1 Å². The molecule has 60 valence electrons. The van der Waals surface area contributed by atoms with Crippen LogP contribution in [0.2, 0.25) is 0 Å². The molecule has 2 aliphatic rings. The summed E-state index contributed by atoms with van der Waals surface area (Å²) in [6, 6.07) is 0. The Labute approximate surface area is 66.2 Å². The molecule has 0 amide bonds. The molecule has 0 spiro atoms. The zero-order chi connectivity index (χ0) is 7.84. The van der Waals surface area contributed by atoms with Gasteiger partial charge in [0.1, 0.15) is 6.10 Å². The Kier molecular flexibility index (Phi) is 1.48. The van der Waals surface area contributed by atoms with Gasteiger partial charge in [0.15, 0.2) is 0 Å². The van der Waals surface area contributed by atoms with Crippen molar-refractivity contribution in [1.29, 1.82) is 0 Å². The van der Waals surface area contributed by atoms with Crippen molar-refractivity contribution >= 4 is 5.97 Å². The molecule has 0 bridgehead atoms. The fourth-order valence-corrected chi connectivity index (χ4v) is 1.91. The van der Waals surface area contributed by atoms with Gasteiger partial charge in [-0.3, -0.25) is 0 Å². The summed E-state index contributed by atoms with van der Waals surface area (Å²) in [5.41, 5.74) is 2.24. The van der Waals surface area contributed by atoms with E-state index in [9.17, 15) is 4.79 Å². The van der Waals surface area contributed by atoms with E-state index in [1.54, 1.807) is 0 Å². The van der Waals surface area contributed by atoms with Crippen LogP contribution in [0, 0.1) is 0 Å². The summed E-state index contributed by atoms with van der Waals surface area (Å²) in [6.07, 6.45) is 4.46. The number of cyclic esters (lactones) is 1. The highest BCUT2D eigenvalue weighted by Gasteiger charge is 2.31. The molecule has 1 aliphatic carbocycles. The molecule has 0 radical (unpaired) electrons. The average Bonchev–Trinajstić information content (AvgIpc) is 2.30. The highest BCUT2D eigenvalue weighted by Crippen LogP contribution is 2.33. The van der Waals surface area contributed by atoms with E-state index in [4.69, 9.17) is 4.74 Å². The lowest BCUT2D eigenvalue weighted by atomic mass is 9.91. The molecule has 0 aromatic carbocycles. The second kappa shape index (κ2) is 2.36. The van der Waals surface area contributed by atoms with E-state index in [-0.39, 0.29) is 12.1 Å². The largest absolute Gasteiger partial charge is 0.455 e. The fourth-order valence-electron chi connectivity index (χ4n) is 1.91. The summed E-state index contributed by atoms with van der Waals surface area (Å²) in [7, 11) is 0. The van der Waals surface area contributed by atoms with E-state index >= 15 is 0 Å². The normalized spacial score (nSPS) is 30.3. The quantitative estimate of drug-likeness (QED) is 0.495. The molecule has 2 nitrogen and oxygen atoms in total. The van der Waals surface area contributed by atoms with Gasteiger partial charge < -0.3 is 4.74 Å². The number of hydrogen-bond acceptors (Lipinski definition) is 2. The molecule has 2 rings (SSSR count). The summed E-state index contributed by atoms with van der Waals surface area (Å²) in [5, 5.41) is 0. The number of hydrogen-bond donors (Lipinski definition) is 0. The van der Waals surface area contributed by atoms with Gasteiger partial charge in [0.2, 0.25) is 0 Å². The fraction of sp³-hybridized carbons (Fsp3) is 0.667. The van der Waals surface area contributed by atoms with E-state index < -0.39 is 0 Å². The van der Waals surface area contributed by atoms with Crippen LogP contribution in [0.15, 0.2) is 11.1 Å². The van der Waals surface area contributed by atoms with Crippen molar-refractivity contribution in [1.82, 2.24) is 0 Å². The summed E-state index contributed by atoms with van der Waals surface area (Å²) < 4.78 is 5.10. The minimum Gasteiger partial charge on any atom is -0.455 e. The summed E-state index contributed by atoms with van der Waals surface area (Å²) in [6.45, 7) is 1.96. The minimum atomic E-state index is -0.0628. The molecular weight excluding hydrogens is 140 g/mol. The topological polar surface area (TPSA) is 26.3 Å². The molecule has 0 unspecified atom stereocenters. The maximum Gasteiger partial charge on any atom is 0.334 e. The second-order valence-corrected chi connectivity index (χ2v) is 3.26. The Bertz CT molecular complexity index is 228. The van der Waals surface area contributed by atoms with E-state index in [1.807, 2.05) is 6.92 Å². The molecule has 0 aromatic rings. The van der Waals surface area contributed by atoms with Crippen LogP contribution in [0.1, 0.15) is 32.6 Å². The zero-order valence-electron chi connectivity index (χ0n) is 6.72. The molecular formula is C9H12O2. The smallest absolute Gasteiger partial charge is 0.334 e. The maximum absolute atomic E-state index is 11.1. The van der Waals surface area contributed by atoms with Crippen molar-refractivity contribution in [2.75, 3.05) is 0 Å². The lowest BCUT2D eigenvalue weighted by Crippen LogP contribution is -2.05. The first-order chi connectivity index (χ1) is 5.29. The Morgan fingerprint density at radius 2 is 2.09 bits per heavy atom. The van der Waals surface area contributed by atoms with Crippen LogP contribution in [0.4, 0.5) is 0 Å². The van der Waals surface area contributed by atoms with Crippen molar-refractivity contribution in [3.63, 3.8) is 0 Å². The van der Waals surface area contributed by atoms with Crippen molar-refractivity contribution in [2.45, 2.75) is 38.7 Å². The molecule has 2 heteroatoms. The monoisotopic (exact) mass is 152 g/mol. The Morgan fingerprint density at radius 1 is 1.36 bits per heavy atom. The standard InChI is InChI=1S/C9H12O2/c1-6-7-4-2-3-5-8(7)9(10)11-6/h6H,2-5H2,1H3/t6-/m0/s1. The Balaban J connectivity index is 2.32. The third kappa shape index (κ3) is 0.971. The number of ether oxygens (including phenoxy) is 1. The molecule has 1 aliphatic heterocycles. The van der Waals surface area contributed by atoms with E-state index in [0.29, 0.717) is 0 Å². The highest BCUT2D eigenvalue weighted by atomic mass is 16.5. The van der Waals surface area contributed by atoms with Crippen molar-refractivity contribution in [2.24, 2.45) is 0 Å².